The SMILES string of the molecule is C[C@@H]1[C@@H](C(=O)Nc2cc3cc(N4CCN([C@]5(C)COC[C@@H]5F)CC4)c(Cl)cc3cn2)[C@@H]1c1ccccn1. The number of amides is 1. The number of hydrogen-bond acceptors (Lipinski definition) is 6. The number of benzene rings is 1. The summed E-state index contributed by atoms with van der Waals surface area (Å²) in [6, 6.07) is 11.7. The molecule has 1 N–H and O–H groups in total. The molecule has 2 aromatic heterocycles. The standard InChI is InChI=1S/C28H31ClFN5O2/c1-17-25(21-5-3-4-6-31-21)26(17)27(36)33-24-13-18-12-22(20(29)11-19(18)14-32-24)34-7-9-35(10-8-34)28(2)16-37-15-23(28)30/h3-6,11-14,17,23,25-26H,7-10,15-16H2,1-2H3,(H,32,33,36)/t17-,23-,25-,26+,28+/m0/s1. The zero-order valence-electron chi connectivity index (χ0n) is 21.0. The van der Waals surface area contributed by atoms with Crippen LogP contribution in [0.5, 0.6) is 0 Å². The van der Waals surface area contributed by atoms with E-state index < -0.39 is 11.7 Å². The van der Waals surface area contributed by atoms with Crippen molar-refractivity contribution in [2.45, 2.75) is 31.5 Å². The van der Waals surface area contributed by atoms with Crippen LogP contribution in [-0.4, -0.2) is 71.9 Å². The van der Waals surface area contributed by atoms with Gasteiger partial charge in [0.1, 0.15) is 12.0 Å². The van der Waals surface area contributed by atoms with E-state index in [2.05, 4.69) is 38.1 Å². The number of hydrogen-bond donors (Lipinski definition) is 1. The molecule has 1 aromatic carbocycles. The molecule has 3 aromatic rings. The van der Waals surface area contributed by atoms with Gasteiger partial charge in [0.2, 0.25) is 5.91 Å². The van der Waals surface area contributed by atoms with Gasteiger partial charge in [0.25, 0.3) is 0 Å². The van der Waals surface area contributed by atoms with Crippen molar-refractivity contribution in [2.24, 2.45) is 11.8 Å². The van der Waals surface area contributed by atoms with Crippen molar-refractivity contribution in [3.63, 3.8) is 0 Å². The van der Waals surface area contributed by atoms with Crippen molar-refractivity contribution >= 4 is 39.8 Å². The second kappa shape index (κ2) is 9.49. The summed E-state index contributed by atoms with van der Waals surface area (Å²) in [6.07, 6.45) is 2.54. The zero-order valence-corrected chi connectivity index (χ0v) is 21.8. The Morgan fingerprint density at radius 3 is 2.68 bits per heavy atom. The summed E-state index contributed by atoms with van der Waals surface area (Å²) < 4.78 is 19.9. The lowest BCUT2D eigenvalue weighted by Gasteiger charge is -2.44. The lowest BCUT2D eigenvalue weighted by Crippen LogP contribution is -2.59. The molecule has 0 radical (unpaired) electrons. The van der Waals surface area contributed by atoms with Crippen LogP contribution in [0.1, 0.15) is 25.5 Å². The summed E-state index contributed by atoms with van der Waals surface area (Å²) in [4.78, 5) is 26.3. The molecule has 4 heterocycles. The van der Waals surface area contributed by atoms with Gasteiger partial charge in [0, 0.05) is 55.6 Å². The van der Waals surface area contributed by atoms with Crippen molar-refractivity contribution in [3.05, 3.63) is 59.5 Å². The van der Waals surface area contributed by atoms with Crippen molar-refractivity contribution < 1.29 is 13.9 Å². The van der Waals surface area contributed by atoms with Gasteiger partial charge >= 0.3 is 0 Å². The minimum Gasteiger partial charge on any atom is -0.376 e. The Morgan fingerprint density at radius 2 is 1.97 bits per heavy atom. The Labute approximate surface area is 221 Å². The number of nitrogens with zero attached hydrogens (tertiary/aromatic N) is 4. The van der Waals surface area contributed by atoms with Gasteiger partial charge in [-0.1, -0.05) is 24.6 Å². The highest BCUT2D eigenvalue weighted by molar-refractivity contribution is 6.34. The Bertz CT molecular complexity index is 1320. The van der Waals surface area contributed by atoms with E-state index in [1.54, 1.807) is 12.4 Å². The quantitative estimate of drug-likeness (QED) is 0.530. The number of pyridine rings is 2. The molecule has 9 heteroatoms. The van der Waals surface area contributed by atoms with Crippen molar-refractivity contribution in [3.8, 4) is 0 Å². The lowest BCUT2D eigenvalue weighted by molar-refractivity contribution is -0.117. The van der Waals surface area contributed by atoms with Crippen LogP contribution in [0.3, 0.4) is 0 Å². The summed E-state index contributed by atoms with van der Waals surface area (Å²) in [5.41, 5.74) is 1.33. The fourth-order valence-electron chi connectivity index (χ4n) is 5.95. The average Bonchev–Trinajstić information content (AvgIpc) is 3.47. The first-order chi connectivity index (χ1) is 17.8. The molecule has 2 aliphatic heterocycles. The van der Waals surface area contributed by atoms with Crippen LogP contribution < -0.4 is 10.2 Å². The topological polar surface area (TPSA) is 70.6 Å². The van der Waals surface area contributed by atoms with E-state index in [0.29, 0.717) is 17.4 Å². The van der Waals surface area contributed by atoms with Crippen LogP contribution >= 0.6 is 11.6 Å². The number of halogens is 2. The number of carbonyl (C=O) groups excluding carboxylic acids is 1. The first-order valence-electron chi connectivity index (χ1n) is 12.9. The first-order valence-corrected chi connectivity index (χ1v) is 13.3. The Hall–Kier alpha value is -2.81. The molecular weight excluding hydrogens is 493 g/mol. The number of anilines is 2. The molecule has 3 fully saturated rings. The molecule has 0 bridgehead atoms. The Morgan fingerprint density at radius 1 is 1.16 bits per heavy atom. The van der Waals surface area contributed by atoms with Gasteiger partial charge in [-0.25, -0.2) is 9.37 Å². The minimum absolute atomic E-state index is 0.0316. The predicted octanol–water partition coefficient (Wildman–Crippen LogP) is 4.52. The van der Waals surface area contributed by atoms with E-state index in [1.807, 2.05) is 37.3 Å². The lowest BCUT2D eigenvalue weighted by atomic mass is 9.96. The number of alkyl halides is 1. The molecule has 3 aliphatic rings. The third kappa shape index (κ3) is 4.45. The molecule has 37 heavy (non-hydrogen) atoms. The molecule has 0 unspecified atom stereocenters. The molecule has 1 amide bonds. The van der Waals surface area contributed by atoms with Gasteiger partial charge in [-0.2, -0.15) is 0 Å². The number of fused-ring (bicyclic) bond motifs is 1. The van der Waals surface area contributed by atoms with Crippen molar-refractivity contribution in [1.82, 2.24) is 14.9 Å². The number of carbonyl (C=O) groups is 1. The van der Waals surface area contributed by atoms with Crippen LogP contribution in [0.2, 0.25) is 5.02 Å². The molecule has 1 aliphatic carbocycles. The van der Waals surface area contributed by atoms with E-state index in [9.17, 15) is 9.18 Å². The number of ether oxygens (including phenoxy) is 1. The number of piperazine rings is 1. The van der Waals surface area contributed by atoms with Crippen LogP contribution in [0.25, 0.3) is 10.8 Å². The third-order valence-electron chi connectivity index (χ3n) is 8.43. The normalized spacial score (nSPS) is 30.0. The fourth-order valence-corrected chi connectivity index (χ4v) is 6.24. The second-order valence-corrected chi connectivity index (χ2v) is 11.1. The summed E-state index contributed by atoms with van der Waals surface area (Å²) >= 11 is 6.68. The van der Waals surface area contributed by atoms with Gasteiger partial charge in [0.05, 0.1) is 35.4 Å². The third-order valence-corrected chi connectivity index (χ3v) is 8.73. The maximum Gasteiger partial charge on any atom is 0.229 e. The van der Waals surface area contributed by atoms with Gasteiger partial charge in [-0.15, -0.1) is 0 Å². The van der Waals surface area contributed by atoms with Crippen LogP contribution in [0.4, 0.5) is 15.9 Å². The van der Waals surface area contributed by atoms with E-state index in [1.165, 1.54) is 0 Å². The zero-order chi connectivity index (χ0) is 25.7. The Balaban J connectivity index is 1.16. The van der Waals surface area contributed by atoms with Gasteiger partial charge in [-0.05, 0) is 48.6 Å². The molecule has 2 saturated heterocycles. The highest BCUT2D eigenvalue weighted by Crippen LogP contribution is 2.53. The maximum absolute atomic E-state index is 14.5. The summed E-state index contributed by atoms with van der Waals surface area (Å²) in [5, 5.41) is 5.53. The van der Waals surface area contributed by atoms with Gasteiger partial charge in [-0.3, -0.25) is 14.7 Å². The Kier molecular flexibility index (Phi) is 6.29. The number of aromatic nitrogens is 2. The smallest absolute Gasteiger partial charge is 0.229 e. The van der Waals surface area contributed by atoms with Crippen LogP contribution in [0, 0.1) is 11.8 Å². The maximum atomic E-state index is 14.5. The molecule has 0 spiro atoms. The second-order valence-electron chi connectivity index (χ2n) is 10.7. The number of nitrogens with one attached hydrogen (secondary N) is 1. The molecule has 5 atom stereocenters. The number of rotatable bonds is 5. The van der Waals surface area contributed by atoms with E-state index >= 15 is 0 Å². The van der Waals surface area contributed by atoms with Gasteiger partial charge < -0.3 is 15.0 Å². The monoisotopic (exact) mass is 523 g/mol. The summed E-state index contributed by atoms with van der Waals surface area (Å²) in [6.45, 7) is 7.60. The van der Waals surface area contributed by atoms with E-state index in [0.717, 1.165) is 48.3 Å². The summed E-state index contributed by atoms with van der Waals surface area (Å²) in [5.74, 6) is 0.760. The average molecular weight is 524 g/mol. The predicted molar refractivity (Wildman–Crippen MR) is 143 cm³/mol. The highest BCUT2D eigenvalue weighted by atomic mass is 35.5. The molecule has 194 valence electrons. The first kappa shape index (κ1) is 24.5. The van der Waals surface area contributed by atoms with Gasteiger partial charge in [0.15, 0.2) is 0 Å². The fraction of sp³-hybridized carbons (Fsp3) is 0.464. The van der Waals surface area contributed by atoms with Crippen molar-refractivity contribution in [2.75, 3.05) is 49.6 Å². The van der Waals surface area contributed by atoms with Crippen LogP contribution in [-0.2, 0) is 9.53 Å². The largest absolute Gasteiger partial charge is 0.376 e. The van der Waals surface area contributed by atoms with E-state index in [-0.39, 0.29) is 30.3 Å². The molecule has 6 rings (SSSR count). The van der Waals surface area contributed by atoms with Crippen LogP contribution in [0.15, 0.2) is 48.8 Å². The molecule has 7 nitrogen and oxygen atoms in total. The molecule has 1 saturated carbocycles. The summed E-state index contributed by atoms with van der Waals surface area (Å²) in [7, 11) is 0. The minimum atomic E-state index is -0.970. The molecular formula is C28H31ClFN5O2. The van der Waals surface area contributed by atoms with E-state index in [4.69, 9.17) is 16.3 Å². The van der Waals surface area contributed by atoms with Crippen molar-refractivity contribution in [1.29, 1.82) is 0 Å². The highest BCUT2D eigenvalue weighted by Gasteiger charge is 2.53.